The van der Waals surface area contributed by atoms with Gasteiger partial charge in [0.15, 0.2) is 0 Å². The van der Waals surface area contributed by atoms with E-state index in [9.17, 15) is 4.79 Å². The molecule has 4 nitrogen and oxygen atoms in total. The highest BCUT2D eigenvalue weighted by molar-refractivity contribution is 5.78. The maximum Gasteiger partial charge on any atom is 0.246 e. The quantitative estimate of drug-likeness (QED) is 0.679. The molecule has 3 N–H and O–H groups in total. The van der Waals surface area contributed by atoms with Crippen LogP contribution in [0.25, 0.3) is 0 Å². The standard InChI is InChI=1S/C15H26N2O2/c1-16-2-3-19-10-14(18)17-15-7-11-4-12(8-15)6-13(5-11)9-15/h11-13,16H,2-10H2,1H3,(H,17,18)/p+1. The third-order valence-electron chi connectivity index (χ3n) is 5.23. The number of ether oxygens (including phenoxy) is 1. The molecule has 4 bridgehead atoms. The van der Waals surface area contributed by atoms with Gasteiger partial charge in [-0.3, -0.25) is 4.79 Å². The molecule has 0 aromatic heterocycles. The van der Waals surface area contributed by atoms with Crippen LogP contribution in [0.2, 0.25) is 0 Å². The van der Waals surface area contributed by atoms with E-state index in [1.165, 1.54) is 38.5 Å². The largest absolute Gasteiger partial charge is 0.366 e. The lowest BCUT2D eigenvalue weighted by Gasteiger charge is -2.56. The molecule has 0 atom stereocenters. The van der Waals surface area contributed by atoms with Crippen molar-refractivity contribution in [3.63, 3.8) is 0 Å². The molecule has 0 aromatic rings. The Morgan fingerprint density at radius 1 is 1.21 bits per heavy atom. The van der Waals surface area contributed by atoms with Crippen molar-refractivity contribution in [2.24, 2.45) is 17.8 Å². The predicted octanol–water partition coefficient (Wildman–Crippen LogP) is 0.281. The zero-order valence-corrected chi connectivity index (χ0v) is 12.0. The van der Waals surface area contributed by atoms with Crippen LogP contribution in [0.1, 0.15) is 38.5 Å². The zero-order valence-electron chi connectivity index (χ0n) is 12.0. The van der Waals surface area contributed by atoms with Gasteiger partial charge >= 0.3 is 0 Å². The number of quaternary nitrogens is 1. The second-order valence-corrected chi connectivity index (χ2v) is 7.00. The van der Waals surface area contributed by atoms with Crippen LogP contribution in [-0.2, 0) is 9.53 Å². The fourth-order valence-electron chi connectivity index (χ4n) is 4.96. The van der Waals surface area contributed by atoms with E-state index in [-0.39, 0.29) is 18.1 Å². The van der Waals surface area contributed by atoms with Crippen LogP contribution in [-0.4, -0.2) is 38.3 Å². The summed E-state index contributed by atoms with van der Waals surface area (Å²) in [6, 6.07) is 0. The Kier molecular flexibility index (Phi) is 3.81. The molecular formula is C15H27N2O2+. The predicted molar refractivity (Wildman–Crippen MR) is 72.6 cm³/mol. The highest BCUT2D eigenvalue weighted by atomic mass is 16.5. The van der Waals surface area contributed by atoms with E-state index >= 15 is 0 Å². The summed E-state index contributed by atoms with van der Waals surface area (Å²) in [5.74, 6) is 2.73. The molecule has 0 saturated heterocycles. The average Bonchev–Trinajstić information content (AvgIpc) is 2.32. The normalized spacial score (nSPS) is 39.5. The Balaban J connectivity index is 1.50. The number of nitrogens with two attached hydrogens (primary N) is 1. The number of hydrogen-bond acceptors (Lipinski definition) is 2. The molecular weight excluding hydrogens is 240 g/mol. The molecule has 4 fully saturated rings. The fraction of sp³-hybridized carbons (Fsp3) is 0.933. The fourth-order valence-corrected chi connectivity index (χ4v) is 4.96. The van der Waals surface area contributed by atoms with Crippen molar-refractivity contribution in [1.29, 1.82) is 0 Å². The minimum absolute atomic E-state index is 0.0954. The number of likely N-dealkylation sites (N-methyl/N-ethyl adjacent to an activating group) is 1. The highest BCUT2D eigenvalue weighted by Crippen LogP contribution is 2.55. The molecule has 19 heavy (non-hydrogen) atoms. The van der Waals surface area contributed by atoms with Gasteiger partial charge < -0.3 is 15.4 Å². The smallest absolute Gasteiger partial charge is 0.246 e. The molecule has 1 amide bonds. The molecule has 4 aliphatic rings. The zero-order chi connectivity index (χ0) is 13.3. The minimum Gasteiger partial charge on any atom is -0.366 e. The molecule has 108 valence electrons. The molecule has 4 saturated carbocycles. The maximum atomic E-state index is 12.0. The summed E-state index contributed by atoms with van der Waals surface area (Å²) in [7, 11) is 2.01. The number of amides is 1. The molecule has 0 aromatic carbocycles. The van der Waals surface area contributed by atoms with Crippen LogP contribution < -0.4 is 10.6 Å². The highest BCUT2D eigenvalue weighted by Gasteiger charge is 2.51. The number of carbonyl (C=O) groups is 1. The van der Waals surface area contributed by atoms with Crippen molar-refractivity contribution in [2.45, 2.75) is 44.1 Å². The molecule has 0 heterocycles. The summed E-state index contributed by atoms with van der Waals surface area (Å²) in [4.78, 5) is 12.0. The van der Waals surface area contributed by atoms with Gasteiger partial charge in [0.1, 0.15) is 6.61 Å². The number of hydrogen-bond donors (Lipinski definition) is 2. The van der Waals surface area contributed by atoms with Crippen LogP contribution in [0.15, 0.2) is 0 Å². The minimum atomic E-state index is 0.0954. The van der Waals surface area contributed by atoms with E-state index in [1.54, 1.807) is 0 Å². The molecule has 0 aliphatic heterocycles. The van der Waals surface area contributed by atoms with Crippen molar-refractivity contribution in [1.82, 2.24) is 5.32 Å². The van der Waals surface area contributed by atoms with E-state index in [0.717, 1.165) is 24.3 Å². The summed E-state index contributed by atoms with van der Waals surface area (Å²) in [5.41, 5.74) is 0.131. The van der Waals surface area contributed by atoms with E-state index < -0.39 is 0 Å². The summed E-state index contributed by atoms with van der Waals surface area (Å²) in [5, 5.41) is 5.39. The average molecular weight is 267 g/mol. The summed E-state index contributed by atoms with van der Waals surface area (Å²) < 4.78 is 5.41. The Morgan fingerprint density at radius 3 is 2.32 bits per heavy atom. The lowest BCUT2D eigenvalue weighted by molar-refractivity contribution is -0.628. The van der Waals surface area contributed by atoms with E-state index in [4.69, 9.17) is 4.74 Å². The first-order chi connectivity index (χ1) is 9.19. The van der Waals surface area contributed by atoms with Gasteiger partial charge in [0, 0.05) is 5.54 Å². The molecule has 4 rings (SSSR count). The number of rotatable bonds is 6. The van der Waals surface area contributed by atoms with Gasteiger partial charge in [0.2, 0.25) is 5.91 Å². The van der Waals surface area contributed by atoms with Gasteiger partial charge in [-0.25, -0.2) is 0 Å². The van der Waals surface area contributed by atoms with Gasteiger partial charge in [-0.1, -0.05) is 0 Å². The van der Waals surface area contributed by atoms with Crippen LogP contribution in [0.4, 0.5) is 0 Å². The van der Waals surface area contributed by atoms with Gasteiger partial charge in [0.25, 0.3) is 0 Å². The van der Waals surface area contributed by atoms with Crippen LogP contribution >= 0.6 is 0 Å². The Bertz CT molecular complexity index is 308. The van der Waals surface area contributed by atoms with Gasteiger partial charge in [-0.15, -0.1) is 0 Å². The summed E-state index contributed by atoms with van der Waals surface area (Å²) in [6.07, 6.45) is 7.89. The molecule has 0 radical (unpaired) electrons. The van der Waals surface area contributed by atoms with Crippen molar-refractivity contribution in [3.8, 4) is 0 Å². The van der Waals surface area contributed by atoms with Gasteiger partial charge in [-0.05, 0) is 56.3 Å². The molecule has 0 unspecified atom stereocenters. The maximum absolute atomic E-state index is 12.0. The van der Waals surface area contributed by atoms with E-state index in [2.05, 4.69) is 10.6 Å². The molecule has 4 aliphatic carbocycles. The lowest BCUT2D eigenvalue weighted by atomic mass is 9.53. The molecule has 4 heteroatoms. The first kappa shape index (κ1) is 13.4. The lowest BCUT2D eigenvalue weighted by Crippen LogP contribution is -2.80. The molecule has 0 spiro atoms. The van der Waals surface area contributed by atoms with Crippen molar-refractivity contribution in [2.75, 3.05) is 26.8 Å². The van der Waals surface area contributed by atoms with Gasteiger partial charge in [0.05, 0.1) is 20.2 Å². The third-order valence-corrected chi connectivity index (χ3v) is 5.23. The Labute approximate surface area is 115 Å². The Morgan fingerprint density at radius 2 is 1.79 bits per heavy atom. The first-order valence-electron chi connectivity index (χ1n) is 7.86. The third kappa shape index (κ3) is 2.95. The topological polar surface area (TPSA) is 54.9 Å². The van der Waals surface area contributed by atoms with E-state index in [0.29, 0.717) is 6.61 Å². The van der Waals surface area contributed by atoms with Crippen molar-refractivity contribution in [3.05, 3.63) is 0 Å². The van der Waals surface area contributed by atoms with Crippen LogP contribution in [0.5, 0.6) is 0 Å². The van der Waals surface area contributed by atoms with Crippen molar-refractivity contribution >= 4 is 5.91 Å². The first-order valence-corrected chi connectivity index (χ1v) is 7.86. The van der Waals surface area contributed by atoms with E-state index in [1.807, 2.05) is 7.05 Å². The summed E-state index contributed by atoms with van der Waals surface area (Å²) >= 11 is 0. The van der Waals surface area contributed by atoms with Gasteiger partial charge in [-0.2, -0.15) is 0 Å². The number of nitrogens with one attached hydrogen (secondary N) is 1. The van der Waals surface area contributed by atoms with Crippen LogP contribution in [0, 0.1) is 17.8 Å². The second-order valence-electron chi connectivity index (χ2n) is 7.00. The van der Waals surface area contributed by atoms with Crippen molar-refractivity contribution < 1.29 is 14.8 Å². The van der Waals surface area contributed by atoms with Crippen LogP contribution in [0.3, 0.4) is 0 Å². The Hall–Kier alpha value is -0.610. The SMILES string of the molecule is C[NH2+]CCOCC(=O)NC12CC3CC(CC(C3)C1)C2. The monoisotopic (exact) mass is 267 g/mol. The second kappa shape index (κ2) is 5.41. The number of carbonyl (C=O) groups excluding carboxylic acids is 1. The summed E-state index contributed by atoms with van der Waals surface area (Å²) in [6.45, 7) is 1.81.